The summed E-state index contributed by atoms with van der Waals surface area (Å²) in [5, 5.41) is 3.03. The second-order valence-electron chi connectivity index (χ2n) is 3.39. The number of hydrogen-bond acceptors (Lipinski definition) is 5. The van der Waals surface area contributed by atoms with Gasteiger partial charge in [0, 0.05) is 17.8 Å². The molecule has 0 bridgehead atoms. The molecule has 1 rings (SSSR count). The van der Waals surface area contributed by atoms with E-state index in [-0.39, 0.29) is 18.6 Å². The van der Waals surface area contributed by atoms with Crippen LogP contribution in [0.5, 0.6) is 0 Å². The van der Waals surface area contributed by atoms with Crippen LogP contribution < -0.4 is 11.1 Å². The minimum atomic E-state index is -0.267. The Morgan fingerprint density at radius 1 is 1.69 bits per heavy atom. The van der Waals surface area contributed by atoms with Crippen LogP contribution in [0.1, 0.15) is 25.5 Å². The van der Waals surface area contributed by atoms with Crippen LogP contribution in [0.3, 0.4) is 0 Å². The first kappa shape index (κ1) is 12.4. The third-order valence-corrected chi connectivity index (χ3v) is 2.20. The molecule has 1 heterocycles. The smallest absolute Gasteiger partial charge is 0.319 e. The van der Waals surface area contributed by atoms with E-state index >= 15 is 0 Å². The van der Waals surface area contributed by atoms with Crippen LogP contribution in [0.2, 0.25) is 0 Å². The highest BCUT2D eigenvalue weighted by Crippen LogP contribution is 2.16. The number of rotatable bonds is 5. The molecule has 1 aromatic rings. The number of nitrogens with zero attached hydrogens (tertiary/aromatic N) is 1. The lowest BCUT2D eigenvalue weighted by Crippen LogP contribution is -2.27. The van der Waals surface area contributed by atoms with Crippen molar-refractivity contribution in [2.24, 2.45) is 0 Å². The van der Waals surface area contributed by atoms with Crippen LogP contribution >= 0.6 is 0 Å². The first-order chi connectivity index (χ1) is 7.65. The Hall–Kier alpha value is -1.62. The maximum atomic E-state index is 11.1. The minimum Gasteiger partial charge on any atom is -0.465 e. The Balaban J connectivity index is 2.50. The fourth-order valence-electron chi connectivity index (χ4n) is 1.35. The van der Waals surface area contributed by atoms with Gasteiger partial charge in [-0.1, -0.05) is 6.07 Å². The summed E-state index contributed by atoms with van der Waals surface area (Å²) in [6, 6.07) is 3.66. The zero-order valence-corrected chi connectivity index (χ0v) is 9.56. The summed E-state index contributed by atoms with van der Waals surface area (Å²) in [5.41, 5.74) is 6.60. The summed E-state index contributed by atoms with van der Waals surface area (Å²) in [5.74, 6) is 0.211. The van der Waals surface area contributed by atoms with Gasteiger partial charge in [0.25, 0.3) is 0 Å². The first-order valence-corrected chi connectivity index (χ1v) is 5.24. The Bertz CT molecular complexity index is 355. The number of ether oxygens (including phenoxy) is 1. The van der Waals surface area contributed by atoms with E-state index in [1.807, 2.05) is 19.1 Å². The zero-order chi connectivity index (χ0) is 12.0. The Morgan fingerprint density at radius 3 is 3.06 bits per heavy atom. The predicted molar refractivity (Wildman–Crippen MR) is 61.7 cm³/mol. The molecule has 0 amide bonds. The number of carbonyl (C=O) groups is 1. The summed E-state index contributed by atoms with van der Waals surface area (Å²) in [4.78, 5) is 15.1. The van der Waals surface area contributed by atoms with Gasteiger partial charge >= 0.3 is 5.97 Å². The Morgan fingerprint density at radius 2 is 2.44 bits per heavy atom. The molecular formula is C11H17N3O2. The predicted octanol–water partition coefficient (Wildman–Crippen LogP) is 0.878. The number of esters is 1. The standard InChI is InChI=1S/C11H17N3O2/c1-3-16-10(15)7-14-8(2)9-5-4-6-13-11(9)12/h4-6,8,14H,3,7H2,1-2H3,(H2,12,13). The monoisotopic (exact) mass is 223 g/mol. The molecule has 0 aliphatic heterocycles. The third-order valence-electron chi connectivity index (χ3n) is 2.20. The van der Waals surface area contributed by atoms with Crippen molar-refractivity contribution in [3.8, 4) is 0 Å². The van der Waals surface area contributed by atoms with Gasteiger partial charge in [0.15, 0.2) is 0 Å². The maximum Gasteiger partial charge on any atom is 0.319 e. The Labute approximate surface area is 95.0 Å². The largest absolute Gasteiger partial charge is 0.465 e. The lowest BCUT2D eigenvalue weighted by molar-refractivity contribution is -0.142. The van der Waals surface area contributed by atoms with E-state index in [0.717, 1.165) is 5.56 Å². The molecule has 5 heteroatoms. The van der Waals surface area contributed by atoms with Gasteiger partial charge in [-0.2, -0.15) is 0 Å². The molecule has 0 aromatic carbocycles. The molecule has 3 N–H and O–H groups in total. The van der Waals surface area contributed by atoms with E-state index in [9.17, 15) is 4.79 Å². The van der Waals surface area contributed by atoms with Gasteiger partial charge in [-0.3, -0.25) is 4.79 Å². The van der Waals surface area contributed by atoms with Gasteiger partial charge in [-0.05, 0) is 19.9 Å². The minimum absolute atomic E-state index is 0.0295. The fraction of sp³-hybridized carbons (Fsp3) is 0.455. The molecule has 1 unspecified atom stereocenters. The first-order valence-electron chi connectivity index (χ1n) is 5.24. The van der Waals surface area contributed by atoms with Crippen molar-refractivity contribution in [2.45, 2.75) is 19.9 Å². The van der Waals surface area contributed by atoms with Crippen molar-refractivity contribution in [1.29, 1.82) is 0 Å². The number of carbonyl (C=O) groups excluding carboxylic acids is 1. The summed E-state index contributed by atoms with van der Waals surface area (Å²) < 4.78 is 4.81. The van der Waals surface area contributed by atoms with Crippen LogP contribution in [-0.4, -0.2) is 24.1 Å². The molecule has 0 spiro atoms. The SMILES string of the molecule is CCOC(=O)CNC(C)c1cccnc1N. The van der Waals surface area contributed by atoms with Crippen LogP contribution in [0.4, 0.5) is 5.82 Å². The number of nitrogens with two attached hydrogens (primary N) is 1. The van der Waals surface area contributed by atoms with Gasteiger partial charge in [0.05, 0.1) is 13.2 Å². The summed E-state index contributed by atoms with van der Waals surface area (Å²) in [7, 11) is 0. The summed E-state index contributed by atoms with van der Waals surface area (Å²) >= 11 is 0. The third kappa shape index (κ3) is 3.51. The molecular weight excluding hydrogens is 206 g/mol. The van der Waals surface area contributed by atoms with E-state index in [2.05, 4.69) is 10.3 Å². The van der Waals surface area contributed by atoms with Crippen molar-refractivity contribution in [3.05, 3.63) is 23.9 Å². The van der Waals surface area contributed by atoms with E-state index < -0.39 is 0 Å². The molecule has 1 aromatic heterocycles. The van der Waals surface area contributed by atoms with Gasteiger partial charge in [0.2, 0.25) is 0 Å². The topological polar surface area (TPSA) is 77.2 Å². The van der Waals surface area contributed by atoms with Crippen LogP contribution in [-0.2, 0) is 9.53 Å². The second-order valence-corrected chi connectivity index (χ2v) is 3.39. The average molecular weight is 223 g/mol. The lowest BCUT2D eigenvalue weighted by Gasteiger charge is -2.14. The number of aromatic nitrogens is 1. The molecule has 0 saturated carbocycles. The van der Waals surface area contributed by atoms with E-state index in [4.69, 9.17) is 10.5 Å². The van der Waals surface area contributed by atoms with Crippen LogP contribution in [0.15, 0.2) is 18.3 Å². The number of pyridine rings is 1. The van der Waals surface area contributed by atoms with Gasteiger partial charge in [-0.25, -0.2) is 4.98 Å². The molecule has 88 valence electrons. The fourth-order valence-corrected chi connectivity index (χ4v) is 1.35. The highest BCUT2D eigenvalue weighted by Gasteiger charge is 2.10. The van der Waals surface area contributed by atoms with Crippen molar-refractivity contribution >= 4 is 11.8 Å². The number of anilines is 1. The second kappa shape index (κ2) is 6.07. The normalized spacial score (nSPS) is 12.1. The molecule has 0 aliphatic carbocycles. The summed E-state index contributed by atoms with van der Waals surface area (Å²) in [6.07, 6.45) is 1.64. The van der Waals surface area contributed by atoms with E-state index in [0.29, 0.717) is 12.4 Å². The zero-order valence-electron chi connectivity index (χ0n) is 9.56. The van der Waals surface area contributed by atoms with Gasteiger partial charge in [0.1, 0.15) is 5.82 Å². The lowest BCUT2D eigenvalue weighted by atomic mass is 10.1. The van der Waals surface area contributed by atoms with Gasteiger partial charge < -0.3 is 15.8 Å². The van der Waals surface area contributed by atoms with E-state index in [1.165, 1.54) is 0 Å². The van der Waals surface area contributed by atoms with Crippen LogP contribution in [0, 0.1) is 0 Å². The molecule has 0 fully saturated rings. The number of hydrogen-bond donors (Lipinski definition) is 2. The van der Waals surface area contributed by atoms with Crippen molar-refractivity contribution in [1.82, 2.24) is 10.3 Å². The van der Waals surface area contributed by atoms with Crippen molar-refractivity contribution < 1.29 is 9.53 Å². The molecule has 16 heavy (non-hydrogen) atoms. The van der Waals surface area contributed by atoms with E-state index in [1.54, 1.807) is 13.1 Å². The maximum absolute atomic E-state index is 11.1. The average Bonchev–Trinajstić information content (AvgIpc) is 2.27. The van der Waals surface area contributed by atoms with Crippen LogP contribution in [0.25, 0.3) is 0 Å². The molecule has 5 nitrogen and oxygen atoms in total. The number of nitrogens with one attached hydrogen (secondary N) is 1. The number of nitrogen functional groups attached to an aromatic ring is 1. The van der Waals surface area contributed by atoms with Gasteiger partial charge in [-0.15, -0.1) is 0 Å². The van der Waals surface area contributed by atoms with Crippen molar-refractivity contribution in [3.63, 3.8) is 0 Å². The van der Waals surface area contributed by atoms with Crippen molar-refractivity contribution in [2.75, 3.05) is 18.9 Å². The molecule has 0 radical (unpaired) electrons. The highest BCUT2D eigenvalue weighted by atomic mass is 16.5. The highest BCUT2D eigenvalue weighted by molar-refractivity contribution is 5.71. The molecule has 1 atom stereocenters. The quantitative estimate of drug-likeness (QED) is 0.724. The molecule has 0 saturated heterocycles. The summed E-state index contributed by atoms with van der Waals surface area (Å²) in [6.45, 7) is 4.26. The Kier molecular flexibility index (Phi) is 4.72. The molecule has 0 aliphatic rings.